The van der Waals surface area contributed by atoms with Gasteiger partial charge in [0.05, 0.1) is 24.5 Å². The molecule has 1 unspecified atom stereocenters. The van der Waals surface area contributed by atoms with Crippen molar-refractivity contribution in [2.24, 2.45) is 0 Å². The number of hydrogen-bond donors (Lipinski definition) is 1. The average molecular weight is 650 g/mol. The van der Waals surface area contributed by atoms with Crippen LogP contribution in [0.3, 0.4) is 0 Å². The van der Waals surface area contributed by atoms with Crippen molar-refractivity contribution in [3.63, 3.8) is 0 Å². The molecule has 1 radical (unpaired) electrons. The molecule has 5 aromatic rings. The molecule has 11 nitrogen and oxygen atoms in total. The van der Waals surface area contributed by atoms with E-state index in [4.69, 9.17) is 14.0 Å². The van der Waals surface area contributed by atoms with Gasteiger partial charge < -0.3 is 9.47 Å². The van der Waals surface area contributed by atoms with E-state index in [-0.39, 0.29) is 75.2 Å². The van der Waals surface area contributed by atoms with E-state index < -0.39 is 5.76 Å². The monoisotopic (exact) mass is 649 g/mol. The second-order valence-electron chi connectivity index (χ2n) is 12.1. The largest absolute Gasteiger partial charge is 0.439 e. The fourth-order valence-electron chi connectivity index (χ4n) is 6.86. The standard InChI is InChI=1S/C34H38N6O5.K/c1-2-6-30-29(19-22-10-12-23(13-11-22)27-8-3-4-9-28(27)31-37-34(42)45-38-31)32(41)39(33-35-21-36-40(30)33)24-14-16-25(17-15-24)44-20-26-7-5-18-43-26;/h3-4,8-13,21,24-26H,2,5-7,14-20H2,1H3,(H,37,38,42);. The number of ether oxygens (including phenoxy) is 2. The van der Waals surface area contributed by atoms with Crippen molar-refractivity contribution in [2.45, 2.75) is 83.0 Å². The summed E-state index contributed by atoms with van der Waals surface area (Å²) in [6.07, 6.45) is 9.78. The number of hydrogen-bond acceptors (Lipinski definition) is 8. The van der Waals surface area contributed by atoms with Gasteiger partial charge in [0, 0.05) is 81.6 Å². The van der Waals surface area contributed by atoms with Crippen LogP contribution in [-0.2, 0) is 22.3 Å². The summed E-state index contributed by atoms with van der Waals surface area (Å²) < 4.78 is 20.4. The molecule has 2 fully saturated rings. The molecule has 46 heavy (non-hydrogen) atoms. The summed E-state index contributed by atoms with van der Waals surface area (Å²) in [5.74, 6) is 0.409. The summed E-state index contributed by atoms with van der Waals surface area (Å²) >= 11 is 0. The molecule has 7 rings (SSSR count). The van der Waals surface area contributed by atoms with Gasteiger partial charge in [0.25, 0.3) is 5.56 Å². The summed E-state index contributed by atoms with van der Waals surface area (Å²) in [4.78, 5) is 33.1. The Morgan fingerprint density at radius 2 is 1.78 bits per heavy atom. The predicted molar refractivity (Wildman–Crippen MR) is 174 cm³/mol. The van der Waals surface area contributed by atoms with E-state index in [1.807, 2.05) is 45.5 Å². The van der Waals surface area contributed by atoms with Gasteiger partial charge in [-0.25, -0.2) is 9.31 Å². The second-order valence-corrected chi connectivity index (χ2v) is 12.1. The molecule has 2 aromatic carbocycles. The first-order valence-electron chi connectivity index (χ1n) is 16.0. The van der Waals surface area contributed by atoms with E-state index in [0.29, 0.717) is 24.6 Å². The molecule has 0 amide bonds. The molecule has 235 valence electrons. The minimum atomic E-state index is -0.594. The van der Waals surface area contributed by atoms with Crippen molar-refractivity contribution in [3.8, 4) is 22.5 Å². The van der Waals surface area contributed by atoms with Gasteiger partial charge in [-0.05, 0) is 61.6 Å². The van der Waals surface area contributed by atoms with E-state index in [9.17, 15) is 9.59 Å². The quantitative estimate of drug-likeness (QED) is 0.215. The van der Waals surface area contributed by atoms with Crippen LogP contribution in [0.2, 0.25) is 0 Å². The smallest absolute Gasteiger partial charge is 0.376 e. The molecule has 2 aliphatic rings. The van der Waals surface area contributed by atoms with Crippen LogP contribution in [0.1, 0.15) is 74.7 Å². The number of aromatic amines is 1. The van der Waals surface area contributed by atoms with Crippen LogP contribution in [0.15, 0.2) is 69.0 Å². The Hall–Kier alpha value is -2.71. The van der Waals surface area contributed by atoms with Gasteiger partial charge in [0.1, 0.15) is 6.33 Å². The number of aromatic nitrogens is 6. The zero-order chi connectivity index (χ0) is 30.8. The number of nitrogens with zero attached hydrogens (tertiary/aromatic N) is 5. The summed E-state index contributed by atoms with van der Waals surface area (Å²) in [5.41, 5.74) is 5.39. The van der Waals surface area contributed by atoms with E-state index in [1.165, 1.54) is 0 Å². The Labute approximate surface area is 309 Å². The molecular weight excluding hydrogens is 612 g/mol. The van der Waals surface area contributed by atoms with Crippen molar-refractivity contribution in [3.05, 3.63) is 92.6 Å². The zero-order valence-electron chi connectivity index (χ0n) is 26.5. The molecule has 4 heterocycles. The van der Waals surface area contributed by atoms with Crippen LogP contribution in [0.5, 0.6) is 0 Å². The van der Waals surface area contributed by atoms with Gasteiger partial charge in [-0.2, -0.15) is 10.1 Å². The van der Waals surface area contributed by atoms with Crippen molar-refractivity contribution in [2.75, 3.05) is 13.2 Å². The van der Waals surface area contributed by atoms with Gasteiger partial charge in [-0.3, -0.25) is 18.9 Å². The molecule has 1 atom stereocenters. The minimum absolute atomic E-state index is 0. The van der Waals surface area contributed by atoms with Crippen molar-refractivity contribution < 1.29 is 14.0 Å². The van der Waals surface area contributed by atoms with Crippen LogP contribution in [-0.4, -0.2) is 106 Å². The third kappa shape index (κ3) is 6.94. The van der Waals surface area contributed by atoms with Crippen molar-refractivity contribution in [1.29, 1.82) is 0 Å². The van der Waals surface area contributed by atoms with E-state index in [1.54, 1.807) is 6.33 Å². The maximum atomic E-state index is 14.3. The average Bonchev–Trinajstić information content (AvgIpc) is 3.86. The normalized spacial score (nSPS) is 19.8. The Bertz CT molecular complexity index is 1880. The maximum Gasteiger partial charge on any atom is 0.439 e. The van der Waals surface area contributed by atoms with Gasteiger partial charge in [0.15, 0.2) is 5.82 Å². The maximum absolute atomic E-state index is 14.3. The first-order chi connectivity index (χ1) is 22.1. The number of aryl methyl sites for hydroxylation is 1. The van der Waals surface area contributed by atoms with Crippen LogP contribution in [0.4, 0.5) is 0 Å². The third-order valence-electron chi connectivity index (χ3n) is 9.13. The third-order valence-corrected chi connectivity index (χ3v) is 9.13. The number of rotatable bonds is 10. The molecule has 12 heteroatoms. The molecular formula is C34H38KN6O5. The number of H-pyrrole nitrogens is 1. The Morgan fingerprint density at radius 1 is 1.00 bits per heavy atom. The fraction of sp³-hybridized carbons (Fsp3) is 0.441. The van der Waals surface area contributed by atoms with E-state index in [2.05, 4.69) is 39.3 Å². The molecule has 1 saturated carbocycles. The number of fused-ring (bicyclic) bond motifs is 1. The minimum Gasteiger partial charge on any atom is -0.376 e. The van der Waals surface area contributed by atoms with E-state index in [0.717, 1.165) is 91.5 Å². The Balaban J connectivity index is 0.00000372. The summed E-state index contributed by atoms with van der Waals surface area (Å²) in [7, 11) is 0. The van der Waals surface area contributed by atoms with Crippen LogP contribution >= 0.6 is 0 Å². The van der Waals surface area contributed by atoms with Gasteiger partial charge >= 0.3 is 5.76 Å². The zero-order valence-corrected chi connectivity index (χ0v) is 29.6. The molecule has 1 aliphatic heterocycles. The first kappa shape index (κ1) is 33.2. The number of nitrogens with one attached hydrogen (secondary N) is 1. The van der Waals surface area contributed by atoms with E-state index >= 15 is 0 Å². The SMILES string of the molecule is CCCc1c(Cc2ccc(-c3ccccc3-c3noc(=O)[nH]3)cc2)c(=O)n(C2CCC(OCC3CCCO3)CC2)c2ncnn12.[K]. The van der Waals surface area contributed by atoms with Gasteiger partial charge in [0.2, 0.25) is 5.78 Å². The first-order valence-corrected chi connectivity index (χ1v) is 16.0. The molecule has 0 bridgehead atoms. The van der Waals surface area contributed by atoms with Crippen molar-refractivity contribution in [1.82, 2.24) is 29.3 Å². The summed E-state index contributed by atoms with van der Waals surface area (Å²) in [6.45, 7) is 3.60. The Morgan fingerprint density at radius 3 is 2.48 bits per heavy atom. The molecule has 1 saturated heterocycles. The molecule has 3 aromatic heterocycles. The second kappa shape index (κ2) is 15.0. The number of benzene rings is 2. The Kier molecular flexibility index (Phi) is 10.8. The van der Waals surface area contributed by atoms with Crippen LogP contribution < -0.4 is 11.3 Å². The summed E-state index contributed by atoms with van der Waals surface area (Å²) in [6, 6.07) is 15.9. The van der Waals surface area contributed by atoms with Gasteiger partial charge in [-0.1, -0.05) is 67.0 Å². The topological polar surface area (TPSA) is 130 Å². The molecule has 1 aliphatic carbocycles. The molecule has 1 N–H and O–H groups in total. The van der Waals surface area contributed by atoms with Gasteiger partial charge in [-0.15, -0.1) is 0 Å². The van der Waals surface area contributed by atoms with Crippen molar-refractivity contribution >= 4 is 57.2 Å². The summed E-state index contributed by atoms with van der Waals surface area (Å²) in [5, 5.41) is 8.46. The predicted octanol–water partition coefficient (Wildman–Crippen LogP) is 4.74. The molecule has 0 spiro atoms. The fourth-order valence-corrected chi connectivity index (χ4v) is 6.86. The van der Waals surface area contributed by atoms with Crippen LogP contribution in [0.25, 0.3) is 28.3 Å². The van der Waals surface area contributed by atoms with Crippen LogP contribution in [0, 0.1) is 0 Å².